The normalized spacial score (nSPS) is 15.4. The summed E-state index contributed by atoms with van der Waals surface area (Å²) in [5.74, 6) is -5.73. The average molecular weight is 244 g/mol. The lowest BCUT2D eigenvalue weighted by Gasteiger charge is -2.25. The van der Waals surface area contributed by atoms with Crippen molar-refractivity contribution in [3.05, 3.63) is 12.7 Å². The van der Waals surface area contributed by atoms with E-state index >= 15 is 0 Å². The Kier molecular flexibility index (Phi) is 5.95. The van der Waals surface area contributed by atoms with Gasteiger partial charge in [-0.05, 0) is 6.42 Å². The van der Waals surface area contributed by atoms with E-state index < -0.39 is 35.8 Å². The number of hydrogen-bond acceptors (Lipinski definition) is 4. The van der Waals surface area contributed by atoms with Gasteiger partial charge in [0.1, 0.15) is 12.0 Å². The van der Waals surface area contributed by atoms with Gasteiger partial charge in [0.05, 0.1) is 5.92 Å². The van der Waals surface area contributed by atoms with E-state index in [9.17, 15) is 14.4 Å². The van der Waals surface area contributed by atoms with Crippen molar-refractivity contribution in [1.29, 1.82) is 0 Å². The SMILES string of the molecule is C=CC(=O)OC(CC)C(C(=O)O)C(C)C(=O)O. The van der Waals surface area contributed by atoms with Crippen LogP contribution in [0.5, 0.6) is 0 Å². The van der Waals surface area contributed by atoms with Crippen LogP contribution in [0.25, 0.3) is 0 Å². The highest BCUT2D eigenvalue weighted by Gasteiger charge is 2.38. The van der Waals surface area contributed by atoms with Crippen LogP contribution in [-0.4, -0.2) is 34.2 Å². The van der Waals surface area contributed by atoms with Crippen LogP contribution in [0.15, 0.2) is 12.7 Å². The fourth-order valence-electron chi connectivity index (χ4n) is 1.46. The zero-order valence-corrected chi connectivity index (χ0v) is 9.75. The van der Waals surface area contributed by atoms with Crippen molar-refractivity contribution in [2.45, 2.75) is 26.4 Å². The fraction of sp³-hybridized carbons (Fsp3) is 0.545. The molecule has 2 N–H and O–H groups in total. The number of esters is 1. The third-order valence-electron chi connectivity index (χ3n) is 2.45. The standard InChI is InChI=1S/C11H16O6/c1-4-7(17-8(12)5-2)9(11(15)16)6(3)10(13)14/h5-7,9H,2,4H2,1,3H3,(H,13,14)(H,15,16). The van der Waals surface area contributed by atoms with Gasteiger partial charge < -0.3 is 14.9 Å². The first-order valence-electron chi connectivity index (χ1n) is 5.13. The number of ether oxygens (including phenoxy) is 1. The lowest BCUT2D eigenvalue weighted by atomic mass is 9.87. The summed E-state index contributed by atoms with van der Waals surface area (Å²) in [6.07, 6.45) is 0.144. The van der Waals surface area contributed by atoms with Gasteiger partial charge in [-0.15, -0.1) is 0 Å². The van der Waals surface area contributed by atoms with E-state index in [-0.39, 0.29) is 6.42 Å². The minimum Gasteiger partial charge on any atom is -0.481 e. The molecular weight excluding hydrogens is 228 g/mol. The predicted octanol–water partition coefficient (Wildman–Crippen LogP) is 0.916. The lowest BCUT2D eigenvalue weighted by Crippen LogP contribution is -2.39. The number of rotatable bonds is 7. The molecule has 6 nitrogen and oxygen atoms in total. The van der Waals surface area contributed by atoms with E-state index in [1.54, 1.807) is 6.92 Å². The number of aliphatic carboxylic acids is 2. The van der Waals surface area contributed by atoms with Crippen molar-refractivity contribution in [1.82, 2.24) is 0 Å². The molecule has 0 aliphatic rings. The molecule has 96 valence electrons. The van der Waals surface area contributed by atoms with Gasteiger partial charge in [0.2, 0.25) is 0 Å². The molecule has 0 aromatic carbocycles. The average Bonchev–Trinajstić information content (AvgIpc) is 2.26. The van der Waals surface area contributed by atoms with E-state index in [1.165, 1.54) is 6.92 Å². The van der Waals surface area contributed by atoms with E-state index in [0.717, 1.165) is 6.08 Å². The smallest absolute Gasteiger partial charge is 0.330 e. The number of carbonyl (C=O) groups is 3. The van der Waals surface area contributed by atoms with Crippen LogP contribution in [-0.2, 0) is 19.1 Å². The van der Waals surface area contributed by atoms with Crippen LogP contribution in [0.1, 0.15) is 20.3 Å². The molecule has 0 amide bonds. The first-order chi connectivity index (χ1) is 7.84. The third-order valence-corrected chi connectivity index (χ3v) is 2.45. The Morgan fingerprint density at radius 2 is 1.82 bits per heavy atom. The third kappa shape index (κ3) is 4.26. The molecule has 0 fully saturated rings. The van der Waals surface area contributed by atoms with Crippen LogP contribution in [0.3, 0.4) is 0 Å². The van der Waals surface area contributed by atoms with Crippen molar-refractivity contribution in [3.63, 3.8) is 0 Å². The second-order valence-electron chi connectivity index (χ2n) is 3.58. The first kappa shape index (κ1) is 15.2. The minimum absolute atomic E-state index is 0.216. The highest BCUT2D eigenvalue weighted by atomic mass is 16.5. The number of carboxylic acid groups (broad SMARTS) is 2. The summed E-state index contributed by atoms with van der Waals surface area (Å²) in [5.41, 5.74) is 0. The Morgan fingerprint density at radius 1 is 1.29 bits per heavy atom. The van der Waals surface area contributed by atoms with Crippen LogP contribution in [0, 0.1) is 11.8 Å². The Balaban J connectivity index is 4.99. The molecule has 0 heterocycles. The monoisotopic (exact) mass is 244 g/mol. The maximum Gasteiger partial charge on any atom is 0.330 e. The fourth-order valence-corrected chi connectivity index (χ4v) is 1.46. The molecule has 0 aliphatic heterocycles. The van der Waals surface area contributed by atoms with Crippen LogP contribution < -0.4 is 0 Å². The van der Waals surface area contributed by atoms with Gasteiger partial charge in [0, 0.05) is 6.08 Å². The Hall–Kier alpha value is -1.85. The molecule has 0 spiro atoms. The quantitative estimate of drug-likeness (QED) is 0.510. The molecule has 0 aliphatic carbocycles. The summed E-state index contributed by atoms with van der Waals surface area (Å²) in [4.78, 5) is 32.9. The van der Waals surface area contributed by atoms with Crippen molar-refractivity contribution in [2.75, 3.05) is 0 Å². The van der Waals surface area contributed by atoms with Gasteiger partial charge in [-0.2, -0.15) is 0 Å². The van der Waals surface area contributed by atoms with Crippen molar-refractivity contribution in [2.24, 2.45) is 11.8 Å². The summed E-state index contributed by atoms with van der Waals surface area (Å²) in [6.45, 7) is 6.08. The topological polar surface area (TPSA) is 101 Å². The van der Waals surface area contributed by atoms with E-state index in [4.69, 9.17) is 14.9 Å². The van der Waals surface area contributed by atoms with Crippen LogP contribution in [0.2, 0.25) is 0 Å². The highest BCUT2D eigenvalue weighted by molar-refractivity contribution is 5.83. The van der Waals surface area contributed by atoms with Gasteiger partial charge in [-0.1, -0.05) is 20.4 Å². The molecule has 3 atom stereocenters. The second kappa shape index (κ2) is 6.67. The summed E-state index contributed by atoms with van der Waals surface area (Å²) < 4.78 is 4.84. The van der Waals surface area contributed by atoms with Gasteiger partial charge in [-0.3, -0.25) is 9.59 Å². The maximum absolute atomic E-state index is 11.0. The molecule has 0 saturated heterocycles. The maximum atomic E-state index is 11.0. The van der Waals surface area contributed by atoms with E-state index in [1.807, 2.05) is 0 Å². The highest BCUT2D eigenvalue weighted by Crippen LogP contribution is 2.22. The van der Waals surface area contributed by atoms with Crippen molar-refractivity contribution in [3.8, 4) is 0 Å². The summed E-state index contributed by atoms with van der Waals surface area (Å²) in [5, 5.41) is 17.8. The molecule has 0 aromatic heterocycles. The van der Waals surface area contributed by atoms with Gasteiger partial charge in [0.25, 0.3) is 0 Å². The molecule has 0 saturated carbocycles. The molecule has 0 radical (unpaired) electrons. The largest absolute Gasteiger partial charge is 0.481 e. The van der Waals surface area contributed by atoms with E-state index in [0.29, 0.717) is 0 Å². The lowest BCUT2D eigenvalue weighted by molar-refractivity contribution is -0.164. The number of carboxylic acids is 2. The molecular formula is C11H16O6. The molecule has 6 heteroatoms. The Morgan fingerprint density at radius 3 is 2.12 bits per heavy atom. The molecule has 0 rings (SSSR count). The van der Waals surface area contributed by atoms with Crippen LogP contribution in [0.4, 0.5) is 0 Å². The summed E-state index contributed by atoms with van der Waals surface area (Å²) in [7, 11) is 0. The molecule has 3 unspecified atom stereocenters. The predicted molar refractivity (Wildman–Crippen MR) is 58.3 cm³/mol. The zero-order chi connectivity index (χ0) is 13.6. The first-order valence-corrected chi connectivity index (χ1v) is 5.13. The van der Waals surface area contributed by atoms with Gasteiger partial charge >= 0.3 is 17.9 Å². The van der Waals surface area contributed by atoms with Gasteiger partial charge in [0.15, 0.2) is 0 Å². The van der Waals surface area contributed by atoms with Gasteiger partial charge in [-0.25, -0.2) is 4.79 Å². The number of hydrogen-bond donors (Lipinski definition) is 2. The molecule has 0 bridgehead atoms. The summed E-state index contributed by atoms with van der Waals surface area (Å²) >= 11 is 0. The van der Waals surface area contributed by atoms with Crippen molar-refractivity contribution < 1.29 is 29.3 Å². The second-order valence-corrected chi connectivity index (χ2v) is 3.58. The Labute approximate surface area is 98.9 Å². The molecule has 17 heavy (non-hydrogen) atoms. The molecule has 0 aromatic rings. The zero-order valence-electron chi connectivity index (χ0n) is 9.75. The minimum atomic E-state index is -1.30. The Bertz CT molecular complexity index is 322. The summed E-state index contributed by atoms with van der Waals surface area (Å²) in [6, 6.07) is 0. The van der Waals surface area contributed by atoms with Crippen molar-refractivity contribution >= 4 is 17.9 Å². The number of carbonyl (C=O) groups excluding carboxylic acids is 1. The van der Waals surface area contributed by atoms with Crippen LogP contribution >= 0.6 is 0 Å². The van der Waals surface area contributed by atoms with E-state index in [2.05, 4.69) is 6.58 Å².